The van der Waals surface area contributed by atoms with Crippen molar-refractivity contribution in [2.24, 2.45) is 5.92 Å². The van der Waals surface area contributed by atoms with Crippen molar-refractivity contribution in [1.29, 1.82) is 0 Å². The number of hydrogen-bond donors (Lipinski definition) is 6. The summed E-state index contributed by atoms with van der Waals surface area (Å²) in [4.78, 5) is 88.4. The van der Waals surface area contributed by atoms with E-state index >= 15 is 0 Å². The molecule has 17 nitrogen and oxygen atoms in total. The van der Waals surface area contributed by atoms with E-state index < -0.39 is 108 Å². The van der Waals surface area contributed by atoms with Crippen molar-refractivity contribution in [2.75, 3.05) is 38.2 Å². The van der Waals surface area contributed by atoms with Gasteiger partial charge in [0.2, 0.25) is 29.5 Å². The van der Waals surface area contributed by atoms with Crippen LogP contribution >= 0.6 is 0 Å². The average Bonchev–Trinajstić information content (AvgIpc) is 3.80. The number of hydrogen-bond acceptors (Lipinski definition) is 12. The number of aliphatic hydroxyl groups excluding tert-OH is 2. The molecule has 6 rings (SSSR count). The molecule has 4 fully saturated rings. The van der Waals surface area contributed by atoms with E-state index in [-0.39, 0.29) is 57.2 Å². The Morgan fingerprint density at radius 2 is 1.57 bits per heavy atom. The summed E-state index contributed by atoms with van der Waals surface area (Å²) in [7, 11) is 0. The lowest BCUT2D eigenvalue weighted by atomic mass is 10.0. The van der Waals surface area contributed by atoms with Gasteiger partial charge < -0.3 is 50.3 Å². The highest BCUT2D eigenvalue weighted by Crippen LogP contribution is 2.28. The van der Waals surface area contributed by atoms with Crippen molar-refractivity contribution in [3.05, 3.63) is 65.2 Å². The number of aliphatic hydroxyl groups is 2. The number of ether oxygens (including phenoxy) is 2. The molecule has 0 spiro atoms. The number of esters is 1. The third-order valence-corrected chi connectivity index (χ3v) is 11.4. The van der Waals surface area contributed by atoms with Crippen LogP contribution in [-0.2, 0) is 51.1 Å². The van der Waals surface area contributed by atoms with E-state index in [9.17, 15) is 47.8 Å². The number of fused-ring (bicyclic) bond motifs is 3. The number of anilines is 1. The molecule has 0 aliphatic carbocycles. The number of amides is 5. The fraction of sp³-hybridized carbons (Fsp3) is 0.561. The van der Waals surface area contributed by atoms with Gasteiger partial charge in [0.15, 0.2) is 6.35 Å². The monoisotopic (exact) mass is 841 g/mol. The maximum Gasteiger partial charge on any atom is 0.329 e. The summed E-state index contributed by atoms with van der Waals surface area (Å²) in [6.07, 6.45) is -3.91. The summed E-state index contributed by atoms with van der Waals surface area (Å²) in [6.45, 7) is 6.24. The van der Waals surface area contributed by atoms with Crippen LogP contribution in [0, 0.1) is 17.6 Å². The summed E-state index contributed by atoms with van der Waals surface area (Å²) >= 11 is 0. The van der Waals surface area contributed by atoms with Crippen molar-refractivity contribution in [3.63, 3.8) is 0 Å². The third-order valence-electron chi connectivity index (χ3n) is 11.4. The molecule has 2 aromatic rings. The van der Waals surface area contributed by atoms with E-state index in [4.69, 9.17) is 9.47 Å². The number of rotatable bonds is 9. The van der Waals surface area contributed by atoms with E-state index in [2.05, 4.69) is 21.3 Å². The molecule has 4 heterocycles. The van der Waals surface area contributed by atoms with Crippen molar-refractivity contribution in [1.82, 2.24) is 30.7 Å². The van der Waals surface area contributed by atoms with E-state index in [0.717, 1.165) is 29.0 Å². The first kappa shape index (κ1) is 44.3. The molecule has 1 unspecified atom stereocenters. The second-order valence-electron chi connectivity index (χ2n) is 16.0. The first-order chi connectivity index (χ1) is 28.5. The molecule has 19 heteroatoms. The Hall–Kier alpha value is -5.24. The zero-order valence-corrected chi connectivity index (χ0v) is 33.9. The van der Waals surface area contributed by atoms with Crippen molar-refractivity contribution >= 4 is 41.2 Å². The van der Waals surface area contributed by atoms with Crippen molar-refractivity contribution in [3.8, 4) is 0 Å². The molecule has 10 atom stereocenters. The smallest absolute Gasteiger partial charge is 0.329 e. The van der Waals surface area contributed by atoms with Crippen LogP contribution in [0.2, 0.25) is 0 Å². The van der Waals surface area contributed by atoms with Crippen LogP contribution in [0.15, 0.2) is 42.5 Å². The lowest BCUT2D eigenvalue weighted by molar-refractivity contribution is -0.164. The van der Waals surface area contributed by atoms with Gasteiger partial charge in [0.1, 0.15) is 47.9 Å². The predicted octanol–water partition coefficient (Wildman–Crippen LogP) is -0.223. The zero-order valence-electron chi connectivity index (χ0n) is 33.9. The van der Waals surface area contributed by atoms with Gasteiger partial charge >= 0.3 is 5.97 Å². The maximum atomic E-state index is 14.7. The summed E-state index contributed by atoms with van der Waals surface area (Å²) in [5.74, 6) is -6.73. The molecular weight excluding hydrogens is 788 g/mol. The molecule has 4 aliphatic rings. The number of carbonyl (C=O) groups excluding carboxylic acids is 6. The van der Waals surface area contributed by atoms with E-state index in [1.165, 1.54) is 23.6 Å². The van der Waals surface area contributed by atoms with Crippen LogP contribution in [0.4, 0.5) is 14.5 Å². The fourth-order valence-corrected chi connectivity index (χ4v) is 8.26. The molecule has 0 aromatic heterocycles. The van der Waals surface area contributed by atoms with Gasteiger partial charge in [0.05, 0.1) is 25.4 Å². The van der Waals surface area contributed by atoms with Gasteiger partial charge in [-0.3, -0.25) is 29.3 Å². The first-order valence-corrected chi connectivity index (χ1v) is 20.3. The summed E-state index contributed by atoms with van der Waals surface area (Å²) in [5, 5.41) is 32.7. The molecule has 5 amide bonds. The minimum Gasteiger partial charge on any atom is -0.458 e. The SMILES string of the molecule is CCc1ccc(NC(O)N[C@@H](Cc2cc(F)cc(F)c2)C(=O)N[C@@H]2C(=O)N3C[C@H](O)C[C@H]3C(=O)N3CCOC[C@H]3C(=O)N[C@@H](C)C(=O)N3C[C@H](C)C[C@H]3C(=O)O[C@H]2C)cc1. The van der Waals surface area contributed by atoms with E-state index in [1.54, 1.807) is 12.1 Å². The summed E-state index contributed by atoms with van der Waals surface area (Å²) in [5.41, 5.74) is 1.53. The van der Waals surface area contributed by atoms with Gasteiger partial charge in [-0.25, -0.2) is 13.6 Å². The van der Waals surface area contributed by atoms with Crippen LogP contribution in [0.3, 0.4) is 0 Å². The Labute approximate surface area is 346 Å². The number of halogens is 2. The Morgan fingerprint density at radius 1 is 0.883 bits per heavy atom. The molecular formula is C41H53F2N7O10. The molecule has 4 saturated heterocycles. The summed E-state index contributed by atoms with van der Waals surface area (Å²) < 4.78 is 40.1. The predicted molar refractivity (Wildman–Crippen MR) is 209 cm³/mol. The van der Waals surface area contributed by atoms with Crippen molar-refractivity contribution in [2.45, 2.75) is 108 Å². The molecule has 0 saturated carbocycles. The van der Waals surface area contributed by atoms with Crippen LogP contribution < -0.4 is 21.3 Å². The Balaban J connectivity index is 1.35. The number of benzene rings is 2. The average molecular weight is 842 g/mol. The Kier molecular flexibility index (Phi) is 14.0. The van der Waals surface area contributed by atoms with E-state index in [0.29, 0.717) is 11.8 Å². The molecule has 6 N–H and O–H groups in total. The van der Waals surface area contributed by atoms with Crippen LogP contribution in [-0.4, -0.2) is 148 Å². The lowest BCUT2D eigenvalue weighted by Gasteiger charge is -2.39. The second-order valence-corrected chi connectivity index (χ2v) is 16.0. The van der Waals surface area contributed by atoms with E-state index in [1.807, 2.05) is 26.0 Å². The molecule has 0 bridgehead atoms. The van der Waals surface area contributed by atoms with Crippen LogP contribution in [0.5, 0.6) is 0 Å². The number of cyclic esters (lactones) is 1. The minimum absolute atomic E-state index is 0.0233. The van der Waals surface area contributed by atoms with Gasteiger partial charge in [-0.15, -0.1) is 0 Å². The second kappa shape index (κ2) is 19.0. The topological polar surface area (TPSA) is 219 Å². The number of nitrogens with zero attached hydrogens (tertiary/aromatic N) is 3. The van der Waals surface area contributed by atoms with Crippen LogP contribution in [0.1, 0.15) is 51.7 Å². The minimum atomic E-state index is -1.74. The highest BCUT2D eigenvalue weighted by molar-refractivity contribution is 5.97. The van der Waals surface area contributed by atoms with Gasteiger partial charge in [-0.1, -0.05) is 26.0 Å². The number of nitrogens with one attached hydrogen (secondary N) is 4. The number of carbonyl (C=O) groups is 6. The highest BCUT2D eigenvalue weighted by Gasteiger charge is 2.49. The third kappa shape index (κ3) is 10.2. The molecule has 4 aliphatic heterocycles. The molecule has 60 heavy (non-hydrogen) atoms. The first-order valence-electron chi connectivity index (χ1n) is 20.3. The normalized spacial score (nSPS) is 28.9. The lowest BCUT2D eigenvalue weighted by Crippen LogP contribution is -2.64. The zero-order chi connectivity index (χ0) is 43.4. The molecule has 326 valence electrons. The quantitative estimate of drug-likeness (QED) is 0.143. The Bertz CT molecular complexity index is 1920. The number of aryl methyl sites for hydroxylation is 1. The summed E-state index contributed by atoms with van der Waals surface area (Å²) in [6, 6.07) is 1.80. The molecule has 2 aromatic carbocycles. The fourth-order valence-electron chi connectivity index (χ4n) is 8.26. The number of morpholine rings is 1. The van der Waals surface area contributed by atoms with Gasteiger partial charge in [-0.05, 0) is 74.4 Å². The highest BCUT2D eigenvalue weighted by atomic mass is 19.1. The van der Waals surface area contributed by atoms with Crippen LogP contribution in [0.25, 0.3) is 0 Å². The molecule has 0 radical (unpaired) electrons. The standard InChI is InChI=1S/C41H53F2N7O10/c1-5-24-6-8-28(9-7-24)45-41(58)46-30(15-25-13-26(42)16-27(43)14-25)35(52)47-34-23(4)60-40(57)32-12-21(2)18-49(32)37(54)22(3)44-36(53)33-20-59-11-10-48(33)38(55)31-17-29(51)19-50(31)39(34)56/h6-9,13-14,16,21-23,29-34,41,45-46,51,58H,5,10-12,15,17-20H2,1-4H3,(H,44,53)(H,47,52)/t21-,22+,23+,29-,30+,31+,32+,33+,34+,41?/m1/s1. The maximum absolute atomic E-state index is 14.7. The largest absolute Gasteiger partial charge is 0.458 e. The van der Waals surface area contributed by atoms with Gasteiger partial charge in [0, 0.05) is 37.8 Å². The van der Waals surface area contributed by atoms with Crippen molar-refractivity contribution < 1.29 is 57.2 Å². The van der Waals surface area contributed by atoms with Gasteiger partial charge in [-0.2, -0.15) is 0 Å². The Morgan fingerprint density at radius 3 is 2.25 bits per heavy atom. The van der Waals surface area contributed by atoms with Gasteiger partial charge in [0.25, 0.3) is 0 Å².